The third-order valence-electron chi connectivity index (χ3n) is 8.84. The molecule has 5 heteroatoms. The first kappa shape index (κ1) is 26.2. The van der Waals surface area contributed by atoms with Crippen LogP contribution < -0.4 is 4.90 Å². The molecule has 1 atom stereocenters. The maximum Gasteiger partial charge on any atom is 0.138 e. The molecule has 5 nitrogen and oxygen atoms in total. The summed E-state index contributed by atoms with van der Waals surface area (Å²) in [6, 6.07) is 22.0. The summed E-state index contributed by atoms with van der Waals surface area (Å²) in [7, 11) is 0. The summed E-state index contributed by atoms with van der Waals surface area (Å²) < 4.78 is 0. The van der Waals surface area contributed by atoms with Gasteiger partial charge in [0.15, 0.2) is 0 Å². The highest BCUT2D eigenvalue weighted by Gasteiger charge is 2.25. The summed E-state index contributed by atoms with van der Waals surface area (Å²) in [6.07, 6.45) is 7.82. The molecule has 1 N–H and O–H groups in total. The van der Waals surface area contributed by atoms with Gasteiger partial charge in [0.05, 0.1) is 11.6 Å². The maximum atomic E-state index is 10.1. The van der Waals surface area contributed by atoms with Crippen molar-refractivity contribution in [3.63, 3.8) is 0 Å². The standard InChI is InChI=1S/C35H39N5/c1-24(2)25(3)40-18-14-26(23-40)19-28-7-8-29(20-30(28)22-36)32-13-15-37-35-33(32)21-34(38-35)27-9-11-31(12-10-27)39-16-5-4-6-17-39/h7-13,15,20-21,24,26H,3-6,14,16-19,23H2,1-2H3,(H,37,38). The summed E-state index contributed by atoms with van der Waals surface area (Å²) in [5.41, 5.74) is 9.68. The molecule has 0 radical (unpaired) electrons. The van der Waals surface area contributed by atoms with Crippen LogP contribution in [0.4, 0.5) is 5.69 Å². The molecule has 1 unspecified atom stereocenters. The van der Waals surface area contributed by atoms with Crippen LogP contribution in [-0.2, 0) is 6.42 Å². The lowest BCUT2D eigenvalue weighted by molar-refractivity contribution is 0.365. The van der Waals surface area contributed by atoms with Gasteiger partial charge in [0.25, 0.3) is 0 Å². The first-order valence-electron chi connectivity index (χ1n) is 14.8. The summed E-state index contributed by atoms with van der Waals surface area (Å²) >= 11 is 0. The number of nitrogens with zero attached hydrogens (tertiary/aromatic N) is 4. The minimum absolute atomic E-state index is 0.470. The average molecular weight is 530 g/mol. The van der Waals surface area contributed by atoms with Gasteiger partial charge in [-0.05, 0) is 96.5 Å². The zero-order chi connectivity index (χ0) is 27.6. The van der Waals surface area contributed by atoms with Gasteiger partial charge in [-0.25, -0.2) is 4.98 Å². The van der Waals surface area contributed by atoms with Gasteiger partial charge in [-0.1, -0.05) is 44.7 Å². The van der Waals surface area contributed by atoms with Crippen molar-refractivity contribution in [2.24, 2.45) is 11.8 Å². The van der Waals surface area contributed by atoms with Crippen LogP contribution in [0.2, 0.25) is 0 Å². The highest BCUT2D eigenvalue weighted by molar-refractivity contribution is 5.96. The fraction of sp³-hybridized carbons (Fsp3) is 0.371. The molecule has 6 rings (SSSR count). The Labute approximate surface area is 238 Å². The highest BCUT2D eigenvalue weighted by Crippen LogP contribution is 2.34. The number of anilines is 1. The van der Waals surface area contributed by atoms with Crippen molar-refractivity contribution in [1.29, 1.82) is 5.26 Å². The summed E-state index contributed by atoms with van der Waals surface area (Å²) in [4.78, 5) is 13.1. The largest absolute Gasteiger partial charge is 0.375 e. The Balaban J connectivity index is 1.23. The molecule has 40 heavy (non-hydrogen) atoms. The van der Waals surface area contributed by atoms with Crippen molar-refractivity contribution in [2.75, 3.05) is 31.1 Å². The molecule has 0 bridgehead atoms. The second kappa shape index (κ2) is 11.2. The SMILES string of the molecule is C=C(C(C)C)N1CCC(Cc2ccc(-c3ccnc4[nH]c(-c5ccc(N6CCCCC6)cc5)cc34)cc2C#N)C1. The number of hydrogen-bond donors (Lipinski definition) is 1. The lowest BCUT2D eigenvalue weighted by Crippen LogP contribution is -2.29. The van der Waals surface area contributed by atoms with E-state index >= 15 is 0 Å². The second-order valence-electron chi connectivity index (χ2n) is 11.8. The Morgan fingerprint density at radius 1 is 1.02 bits per heavy atom. The van der Waals surface area contributed by atoms with E-state index in [0.29, 0.717) is 11.8 Å². The van der Waals surface area contributed by atoms with Crippen LogP contribution >= 0.6 is 0 Å². The number of rotatable bonds is 7. The van der Waals surface area contributed by atoms with Crippen LogP contribution in [-0.4, -0.2) is 41.0 Å². The maximum absolute atomic E-state index is 10.1. The van der Waals surface area contributed by atoms with E-state index < -0.39 is 0 Å². The number of aromatic amines is 1. The van der Waals surface area contributed by atoms with E-state index in [1.807, 2.05) is 6.20 Å². The number of nitriles is 1. The topological polar surface area (TPSA) is 59.0 Å². The third-order valence-corrected chi connectivity index (χ3v) is 8.84. The summed E-state index contributed by atoms with van der Waals surface area (Å²) in [5.74, 6) is 1.02. The van der Waals surface area contributed by atoms with Gasteiger partial charge in [0.2, 0.25) is 0 Å². The molecule has 2 aromatic carbocycles. The molecule has 4 heterocycles. The number of allylic oxidation sites excluding steroid dienone is 1. The first-order chi connectivity index (χ1) is 19.5. The summed E-state index contributed by atoms with van der Waals surface area (Å²) in [6.45, 7) is 13.1. The molecular formula is C35H39N5. The van der Waals surface area contributed by atoms with Crippen molar-refractivity contribution in [3.8, 4) is 28.5 Å². The number of fused-ring (bicyclic) bond motifs is 1. The van der Waals surface area contributed by atoms with Crippen LogP contribution in [0.1, 0.15) is 50.7 Å². The van der Waals surface area contributed by atoms with Crippen molar-refractivity contribution >= 4 is 16.7 Å². The van der Waals surface area contributed by atoms with Gasteiger partial charge in [0.1, 0.15) is 5.65 Å². The normalized spacial score (nSPS) is 17.5. The summed E-state index contributed by atoms with van der Waals surface area (Å²) in [5, 5.41) is 11.1. The number of likely N-dealkylation sites (tertiary alicyclic amines) is 1. The minimum atomic E-state index is 0.470. The average Bonchev–Trinajstić information content (AvgIpc) is 3.65. The number of aromatic nitrogens is 2. The van der Waals surface area contributed by atoms with Crippen LogP contribution in [0.15, 0.2) is 73.1 Å². The van der Waals surface area contributed by atoms with E-state index in [2.05, 4.69) is 101 Å². The Bertz CT molecular complexity index is 1550. The van der Waals surface area contributed by atoms with E-state index in [1.165, 1.54) is 30.6 Å². The number of piperidine rings is 1. The molecule has 2 aromatic heterocycles. The van der Waals surface area contributed by atoms with Crippen molar-refractivity contribution < 1.29 is 0 Å². The molecule has 204 valence electrons. The fourth-order valence-electron chi connectivity index (χ4n) is 6.40. The third kappa shape index (κ3) is 5.23. The highest BCUT2D eigenvalue weighted by atomic mass is 15.2. The van der Waals surface area contributed by atoms with Gasteiger partial charge in [0, 0.05) is 54.8 Å². The van der Waals surface area contributed by atoms with Gasteiger partial charge in [-0.3, -0.25) is 0 Å². The first-order valence-corrected chi connectivity index (χ1v) is 14.8. The van der Waals surface area contributed by atoms with Crippen LogP contribution in [0, 0.1) is 23.2 Å². The molecule has 2 aliphatic heterocycles. The van der Waals surface area contributed by atoms with Crippen LogP contribution in [0.25, 0.3) is 33.4 Å². The predicted octanol–water partition coefficient (Wildman–Crippen LogP) is 7.79. The van der Waals surface area contributed by atoms with Crippen molar-refractivity contribution in [3.05, 3.63) is 84.2 Å². The molecule has 0 saturated carbocycles. The fourth-order valence-corrected chi connectivity index (χ4v) is 6.40. The number of benzene rings is 2. The molecular weight excluding hydrogens is 490 g/mol. The molecule has 0 spiro atoms. The molecule has 2 fully saturated rings. The molecule has 0 aliphatic carbocycles. The predicted molar refractivity (Wildman–Crippen MR) is 165 cm³/mol. The van der Waals surface area contributed by atoms with E-state index in [-0.39, 0.29) is 0 Å². The smallest absolute Gasteiger partial charge is 0.138 e. The monoisotopic (exact) mass is 529 g/mol. The lowest BCUT2D eigenvalue weighted by atomic mass is 9.92. The quantitative estimate of drug-likeness (QED) is 0.265. The molecule has 4 aromatic rings. The zero-order valence-corrected chi connectivity index (χ0v) is 23.8. The van der Waals surface area contributed by atoms with Gasteiger partial charge in [-0.2, -0.15) is 5.26 Å². The number of nitrogens with one attached hydrogen (secondary N) is 1. The Morgan fingerprint density at radius 2 is 1.80 bits per heavy atom. The molecule has 0 amide bonds. The number of H-pyrrole nitrogens is 1. The molecule has 2 saturated heterocycles. The Hall–Kier alpha value is -4.04. The van der Waals surface area contributed by atoms with E-state index in [9.17, 15) is 5.26 Å². The number of pyridine rings is 1. The van der Waals surface area contributed by atoms with Gasteiger partial charge >= 0.3 is 0 Å². The lowest BCUT2D eigenvalue weighted by Gasteiger charge is -2.28. The number of hydrogen-bond acceptors (Lipinski definition) is 4. The molecule has 2 aliphatic rings. The Morgan fingerprint density at radius 3 is 2.55 bits per heavy atom. The van der Waals surface area contributed by atoms with E-state index in [1.54, 1.807) is 0 Å². The second-order valence-corrected chi connectivity index (χ2v) is 11.8. The van der Waals surface area contributed by atoms with Crippen LogP contribution in [0.3, 0.4) is 0 Å². The van der Waals surface area contributed by atoms with Crippen LogP contribution in [0.5, 0.6) is 0 Å². The van der Waals surface area contributed by atoms with Crippen molar-refractivity contribution in [1.82, 2.24) is 14.9 Å². The zero-order valence-electron chi connectivity index (χ0n) is 23.8. The van der Waals surface area contributed by atoms with E-state index in [0.717, 1.165) is 83.6 Å². The minimum Gasteiger partial charge on any atom is -0.375 e. The van der Waals surface area contributed by atoms with E-state index in [4.69, 9.17) is 0 Å². The van der Waals surface area contributed by atoms with Gasteiger partial charge < -0.3 is 14.8 Å². The Kier molecular flexibility index (Phi) is 7.34. The van der Waals surface area contributed by atoms with Crippen molar-refractivity contribution in [2.45, 2.75) is 46.0 Å². The van der Waals surface area contributed by atoms with Gasteiger partial charge in [-0.15, -0.1) is 0 Å².